The number of aryl methyl sites for hydroxylation is 2. The summed E-state index contributed by atoms with van der Waals surface area (Å²) in [6.07, 6.45) is 1.95. The lowest BCUT2D eigenvalue weighted by molar-refractivity contribution is 0.831. The number of aromatic nitrogens is 2. The van der Waals surface area contributed by atoms with Gasteiger partial charge < -0.3 is 9.88 Å². The SMILES string of the molecule is CNCc1ccc(Cn2cnc3cc(C)c(C)cc32)s1. The second kappa shape index (κ2) is 5.38. The lowest BCUT2D eigenvalue weighted by Gasteiger charge is -2.04. The van der Waals surface area contributed by atoms with Gasteiger partial charge in [-0.25, -0.2) is 4.98 Å². The Hall–Kier alpha value is -1.65. The molecule has 0 saturated carbocycles. The van der Waals surface area contributed by atoms with Crippen molar-refractivity contribution < 1.29 is 0 Å². The molecule has 1 N–H and O–H groups in total. The van der Waals surface area contributed by atoms with Gasteiger partial charge in [0.25, 0.3) is 0 Å². The minimum Gasteiger partial charge on any atom is -0.325 e. The van der Waals surface area contributed by atoms with Gasteiger partial charge >= 0.3 is 0 Å². The fourth-order valence-corrected chi connectivity index (χ4v) is 3.41. The Balaban J connectivity index is 1.92. The Morgan fingerprint density at radius 2 is 1.90 bits per heavy atom. The molecule has 2 aromatic heterocycles. The molecule has 1 aromatic carbocycles. The summed E-state index contributed by atoms with van der Waals surface area (Å²) < 4.78 is 2.23. The molecular formula is C16H19N3S. The first-order valence-corrected chi connectivity index (χ1v) is 7.63. The average Bonchev–Trinajstić information content (AvgIpc) is 3.00. The Kier molecular flexibility index (Phi) is 3.59. The van der Waals surface area contributed by atoms with Crippen LogP contribution in [0.3, 0.4) is 0 Å². The van der Waals surface area contributed by atoms with Crippen LogP contribution in [0.25, 0.3) is 11.0 Å². The third-order valence-corrected chi connectivity index (χ3v) is 4.70. The van der Waals surface area contributed by atoms with Crippen molar-refractivity contribution in [2.24, 2.45) is 0 Å². The smallest absolute Gasteiger partial charge is 0.0961 e. The van der Waals surface area contributed by atoms with Crippen LogP contribution < -0.4 is 5.32 Å². The standard InChI is InChI=1S/C16H19N3S/c1-11-6-15-16(7-12(11)2)19(10-18-15)9-14-5-4-13(20-14)8-17-3/h4-7,10,17H,8-9H2,1-3H3. The van der Waals surface area contributed by atoms with Crippen LogP contribution in [0.15, 0.2) is 30.6 Å². The molecule has 3 aromatic rings. The van der Waals surface area contributed by atoms with Gasteiger partial charge in [0.2, 0.25) is 0 Å². The Labute approximate surface area is 123 Å². The Morgan fingerprint density at radius 1 is 1.15 bits per heavy atom. The van der Waals surface area contributed by atoms with Crippen molar-refractivity contribution in [1.82, 2.24) is 14.9 Å². The average molecular weight is 285 g/mol. The summed E-state index contributed by atoms with van der Waals surface area (Å²) >= 11 is 1.86. The lowest BCUT2D eigenvalue weighted by Crippen LogP contribution is -2.02. The van der Waals surface area contributed by atoms with Gasteiger partial charge in [0.05, 0.1) is 23.9 Å². The van der Waals surface area contributed by atoms with Crippen LogP contribution in [-0.4, -0.2) is 16.6 Å². The first-order valence-electron chi connectivity index (χ1n) is 6.81. The van der Waals surface area contributed by atoms with Gasteiger partial charge in [-0.3, -0.25) is 0 Å². The first-order chi connectivity index (χ1) is 9.67. The van der Waals surface area contributed by atoms with Crippen LogP contribution in [0.4, 0.5) is 0 Å². The molecule has 0 saturated heterocycles. The van der Waals surface area contributed by atoms with E-state index in [-0.39, 0.29) is 0 Å². The predicted octanol–water partition coefficient (Wildman–Crippen LogP) is 3.48. The number of hydrogen-bond donors (Lipinski definition) is 1. The predicted molar refractivity (Wildman–Crippen MR) is 85.4 cm³/mol. The molecule has 0 radical (unpaired) electrons. The minimum atomic E-state index is 0.896. The third-order valence-electron chi connectivity index (χ3n) is 3.63. The minimum absolute atomic E-state index is 0.896. The van der Waals surface area contributed by atoms with Crippen molar-refractivity contribution in [3.63, 3.8) is 0 Å². The number of benzene rings is 1. The van der Waals surface area contributed by atoms with E-state index >= 15 is 0 Å². The fourth-order valence-electron chi connectivity index (χ4n) is 2.38. The maximum atomic E-state index is 4.52. The number of nitrogens with one attached hydrogen (secondary N) is 1. The number of rotatable bonds is 4. The third kappa shape index (κ3) is 2.49. The summed E-state index contributed by atoms with van der Waals surface area (Å²) in [5.74, 6) is 0. The number of imidazole rings is 1. The molecule has 4 heteroatoms. The molecule has 2 heterocycles. The van der Waals surface area contributed by atoms with Crippen molar-refractivity contribution in [2.75, 3.05) is 7.05 Å². The van der Waals surface area contributed by atoms with Crippen molar-refractivity contribution in [3.8, 4) is 0 Å². The largest absolute Gasteiger partial charge is 0.325 e. The van der Waals surface area contributed by atoms with E-state index in [1.807, 2.05) is 24.7 Å². The van der Waals surface area contributed by atoms with Crippen LogP contribution in [0.2, 0.25) is 0 Å². The van der Waals surface area contributed by atoms with Gasteiger partial charge in [0.1, 0.15) is 0 Å². The number of fused-ring (bicyclic) bond motifs is 1. The molecule has 0 aliphatic heterocycles. The van der Waals surface area contributed by atoms with Crippen molar-refractivity contribution >= 4 is 22.4 Å². The van der Waals surface area contributed by atoms with E-state index in [1.165, 1.54) is 26.4 Å². The van der Waals surface area contributed by atoms with E-state index < -0.39 is 0 Å². The van der Waals surface area contributed by atoms with Crippen LogP contribution in [-0.2, 0) is 13.1 Å². The normalized spacial score (nSPS) is 11.3. The molecule has 3 nitrogen and oxygen atoms in total. The number of thiophene rings is 1. The molecule has 0 unspecified atom stereocenters. The summed E-state index contributed by atoms with van der Waals surface area (Å²) in [4.78, 5) is 7.26. The maximum Gasteiger partial charge on any atom is 0.0961 e. The topological polar surface area (TPSA) is 29.9 Å². The highest BCUT2D eigenvalue weighted by molar-refractivity contribution is 7.11. The second-order valence-electron chi connectivity index (χ2n) is 5.20. The molecular weight excluding hydrogens is 266 g/mol. The Bertz CT molecular complexity index is 739. The van der Waals surface area contributed by atoms with Crippen LogP contribution >= 0.6 is 11.3 Å². The second-order valence-corrected chi connectivity index (χ2v) is 6.45. The molecule has 0 fully saturated rings. The zero-order chi connectivity index (χ0) is 14.1. The molecule has 0 aliphatic rings. The molecule has 20 heavy (non-hydrogen) atoms. The monoisotopic (exact) mass is 285 g/mol. The fraction of sp³-hybridized carbons (Fsp3) is 0.312. The van der Waals surface area contributed by atoms with Gasteiger partial charge in [-0.2, -0.15) is 0 Å². The molecule has 3 rings (SSSR count). The van der Waals surface area contributed by atoms with Crippen molar-refractivity contribution in [2.45, 2.75) is 26.9 Å². The van der Waals surface area contributed by atoms with Gasteiger partial charge in [-0.15, -0.1) is 11.3 Å². The number of nitrogens with zero attached hydrogens (tertiary/aromatic N) is 2. The first kappa shape index (κ1) is 13.3. The van der Waals surface area contributed by atoms with Crippen molar-refractivity contribution in [3.05, 3.63) is 51.5 Å². The summed E-state index contributed by atoms with van der Waals surface area (Å²) in [5.41, 5.74) is 4.92. The molecule has 0 bridgehead atoms. The Morgan fingerprint density at radius 3 is 2.70 bits per heavy atom. The molecule has 0 amide bonds. The van der Waals surface area contributed by atoms with E-state index in [4.69, 9.17) is 0 Å². The van der Waals surface area contributed by atoms with E-state index in [0.29, 0.717) is 0 Å². The maximum absolute atomic E-state index is 4.52. The highest BCUT2D eigenvalue weighted by atomic mass is 32.1. The van der Waals surface area contributed by atoms with Gasteiger partial charge in [-0.1, -0.05) is 0 Å². The lowest BCUT2D eigenvalue weighted by atomic mass is 10.1. The quantitative estimate of drug-likeness (QED) is 0.795. The highest BCUT2D eigenvalue weighted by Gasteiger charge is 2.07. The van der Waals surface area contributed by atoms with Crippen molar-refractivity contribution in [1.29, 1.82) is 0 Å². The molecule has 104 valence electrons. The zero-order valence-corrected chi connectivity index (χ0v) is 12.9. The number of hydrogen-bond acceptors (Lipinski definition) is 3. The van der Waals surface area contributed by atoms with E-state index in [0.717, 1.165) is 18.6 Å². The van der Waals surface area contributed by atoms with Crippen LogP contribution in [0, 0.1) is 13.8 Å². The van der Waals surface area contributed by atoms with E-state index in [2.05, 4.69) is 53.0 Å². The zero-order valence-electron chi connectivity index (χ0n) is 12.1. The van der Waals surface area contributed by atoms with E-state index in [1.54, 1.807) is 0 Å². The summed E-state index contributed by atoms with van der Waals surface area (Å²) in [7, 11) is 1.98. The molecule has 0 atom stereocenters. The van der Waals surface area contributed by atoms with Crippen LogP contribution in [0.5, 0.6) is 0 Å². The van der Waals surface area contributed by atoms with Crippen LogP contribution in [0.1, 0.15) is 20.9 Å². The van der Waals surface area contributed by atoms with Gasteiger partial charge in [0, 0.05) is 16.3 Å². The summed E-state index contributed by atoms with van der Waals surface area (Å²) in [6, 6.07) is 8.82. The van der Waals surface area contributed by atoms with E-state index in [9.17, 15) is 0 Å². The summed E-state index contributed by atoms with van der Waals surface area (Å²) in [5, 5.41) is 3.19. The molecule has 0 aliphatic carbocycles. The highest BCUT2D eigenvalue weighted by Crippen LogP contribution is 2.22. The molecule has 0 spiro atoms. The van der Waals surface area contributed by atoms with Gasteiger partial charge in [0.15, 0.2) is 0 Å². The van der Waals surface area contributed by atoms with Gasteiger partial charge in [-0.05, 0) is 56.3 Å². The summed E-state index contributed by atoms with van der Waals surface area (Å²) in [6.45, 7) is 6.13.